The largest absolute Gasteiger partial charge is 0.369 e. The van der Waals surface area contributed by atoms with E-state index < -0.39 is 5.54 Å². The number of nitrogens with zero attached hydrogens (tertiary/aromatic N) is 2. The molecule has 0 spiro atoms. The SMILES string of the molecule is CCCCC1(CCCC)N=C(N)N(C2CCC(C(=O)CSc3ccccc3)CC2)C1=O. The van der Waals surface area contributed by atoms with Crippen LogP contribution in [0, 0.1) is 5.92 Å². The molecule has 2 N–H and O–H groups in total. The zero-order valence-electron chi connectivity index (χ0n) is 19.0. The van der Waals surface area contributed by atoms with Gasteiger partial charge in [0.1, 0.15) is 11.3 Å². The third-order valence-electron chi connectivity index (χ3n) is 6.72. The number of carbonyl (C=O) groups excluding carboxylic acids is 2. The first-order valence-electron chi connectivity index (χ1n) is 11.9. The summed E-state index contributed by atoms with van der Waals surface area (Å²) in [5.74, 6) is 1.42. The first-order valence-corrected chi connectivity index (χ1v) is 12.9. The number of aliphatic imine (C=N–C) groups is 1. The number of Topliss-reactive ketones (excluding diaryl/α,β-unsaturated/α-hetero) is 1. The molecule has 0 bridgehead atoms. The molecular weight excluding hydrogens is 406 g/mol. The summed E-state index contributed by atoms with van der Waals surface area (Å²) >= 11 is 1.61. The molecule has 1 aliphatic heterocycles. The van der Waals surface area contributed by atoms with Crippen LogP contribution in [0.25, 0.3) is 0 Å². The number of ketones is 1. The van der Waals surface area contributed by atoms with Gasteiger partial charge in [-0.3, -0.25) is 14.5 Å². The van der Waals surface area contributed by atoms with Gasteiger partial charge < -0.3 is 5.73 Å². The lowest BCUT2D eigenvalue weighted by molar-refractivity contribution is -0.134. The number of thioether (sulfide) groups is 1. The maximum Gasteiger partial charge on any atom is 0.257 e. The maximum atomic E-state index is 13.5. The smallest absolute Gasteiger partial charge is 0.257 e. The van der Waals surface area contributed by atoms with Gasteiger partial charge >= 0.3 is 0 Å². The standard InChI is InChI=1S/C25H37N3O2S/c1-3-5-16-25(17-6-4-2)23(30)28(24(26)27-25)20-14-12-19(13-15-20)22(29)18-31-21-10-8-7-9-11-21/h7-11,19-20H,3-6,12-18H2,1-2H3,(H2,26,27). The van der Waals surface area contributed by atoms with Crippen molar-refractivity contribution < 1.29 is 9.59 Å². The van der Waals surface area contributed by atoms with Crippen LogP contribution in [-0.4, -0.2) is 39.9 Å². The minimum atomic E-state index is -0.658. The number of rotatable bonds is 11. The van der Waals surface area contributed by atoms with Gasteiger partial charge in [0.25, 0.3) is 5.91 Å². The number of benzene rings is 1. The van der Waals surface area contributed by atoms with Gasteiger partial charge in [0.2, 0.25) is 0 Å². The Labute approximate surface area is 191 Å². The molecule has 1 saturated carbocycles. The highest BCUT2D eigenvalue weighted by Crippen LogP contribution is 2.37. The van der Waals surface area contributed by atoms with Crippen molar-refractivity contribution in [3.05, 3.63) is 30.3 Å². The van der Waals surface area contributed by atoms with E-state index in [0.717, 1.165) is 69.1 Å². The number of nitrogens with two attached hydrogens (primary N) is 1. The lowest BCUT2D eigenvalue weighted by Crippen LogP contribution is -2.50. The van der Waals surface area contributed by atoms with Gasteiger partial charge in [-0.2, -0.15) is 0 Å². The highest BCUT2D eigenvalue weighted by atomic mass is 32.2. The van der Waals surface area contributed by atoms with Crippen LogP contribution >= 0.6 is 11.8 Å². The molecule has 0 radical (unpaired) electrons. The van der Waals surface area contributed by atoms with Gasteiger partial charge in [-0.25, -0.2) is 4.99 Å². The van der Waals surface area contributed by atoms with E-state index >= 15 is 0 Å². The number of unbranched alkanes of at least 4 members (excludes halogenated alkanes) is 2. The predicted octanol–water partition coefficient (Wildman–Crippen LogP) is 5.18. The molecule has 2 aliphatic rings. The second-order valence-corrected chi connectivity index (χ2v) is 10.0. The van der Waals surface area contributed by atoms with Crippen LogP contribution in [0.3, 0.4) is 0 Å². The number of hydrogen-bond acceptors (Lipinski definition) is 5. The van der Waals surface area contributed by atoms with Crippen LogP contribution in [0.1, 0.15) is 78.1 Å². The average molecular weight is 444 g/mol. The van der Waals surface area contributed by atoms with Crippen molar-refractivity contribution in [2.45, 2.75) is 94.5 Å². The van der Waals surface area contributed by atoms with Crippen LogP contribution < -0.4 is 5.73 Å². The zero-order valence-corrected chi connectivity index (χ0v) is 19.8. The fraction of sp³-hybridized carbons (Fsp3) is 0.640. The monoisotopic (exact) mass is 443 g/mol. The first-order chi connectivity index (χ1) is 15.0. The molecule has 0 atom stereocenters. The lowest BCUT2D eigenvalue weighted by atomic mass is 9.82. The predicted molar refractivity (Wildman–Crippen MR) is 128 cm³/mol. The molecular formula is C25H37N3O2S. The molecule has 3 rings (SSSR count). The van der Waals surface area contributed by atoms with Gasteiger partial charge in [-0.05, 0) is 50.7 Å². The third kappa shape index (κ3) is 5.71. The molecule has 0 aromatic heterocycles. The molecule has 1 heterocycles. The summed E-state index contributed by atoms with van der Waals surface area (Å²) in [6.45, 7) is 4.29. The second kappa shape index (κ2) is 11.2. The topological polar surface area (TPSA) is 75.8 Å². The molecule has 1 aromatic rings. The van der Waals surface area contributed by atoms with Gasteiger partial charge in [0, 0.05) is 16.9 Å². The van der Waals surface area contributed by atoms with Crippen molar-refractivity contribution in [3.8, 4) is 0 Å². The minimum absolute atomic E-state index is 0.0761. The van der Waals surface area contributed by atoms with Gasteiger partial charge in [-0.15, -0.1) is 11.8 Å². The highest BCUT2D eigenvalue weighted by molar-refractivity contribution is 8.00. The van der Waals surface area contributed by atoms with Crippen molar-refractivity contribution in [1.29, 1.82) is 0 Å². The number of guanidine groups is 1. The molecule has 31 heavy (non-hydrogen) atoms. The molecule has 6 heteroatoms. The quantitative estimate of drug-likeness (QED) is 0.478. The summed E-state index contributed by atoms with van der Waals surface area (Å²) in [4.78, 5) is 33.9. The maximum absolute atomic E-state index is 13.5. The van der Waals surface area contributed by atoms with E-state index in [4.69, 9.17) is 10.7 Å². The third-order valence-corrected chi connectivity index (χ3v) is 7.76. The summed E-state index contributed by atoms with van der Waals surface area (Å²) in [6.07, 6.45) is 8.93. The van der Waals surface area contributed by atoms with Crippen molar-refractivity contribution in [2.24, 2.45) is 16.6 Å². The van der Waals surface area contributed by atoms with Crippen LogP contribution in [0.5, 0.6) is 0 Å². The Morgan fingerprint density at radius 1 is 1.10 bits per heavy atom. The molecule has 170 valence electrons. The van der Waals surface area contributed by atoms with E-state index in [2.05, 4.69) is 13.8 Å². The van der Waals surface area contributed by atoms with Crippen molar-refractivity contribution in [2.75, 3.05) is 5.75 Å². The molecule has 1 fully saturated rings. The van der Waals surface area contributed by atoms with Crippen LogP contribution in [-0.2, 0) is 9.59 Å². The van der Waals surface area contributed by atoms with Crippen molar-refractivity contribution in [3.63, 3.8) is 0 Å². The first kappa shape index (κ1) is 23.8. The van der Waals surface area contributed by atoms with E-state index in [0.29, 0.717) is 17.5 Å². The molecule has 0 saturated heterocycles. The van der Waals surface area contributed by atoms with E-state index in [-0.39, 0.29) is 17.9 Å². The number of amides is 1. The van der Waals surface area contributed by atoms with E-state index in [1.54, 1.807) is 16.7 Å². The fourth-order valence-corrected chi connectivity index (χ4v) is 5.73. The average Bonchev–Trinajstić information content (AvgIpc) is 3.05. The summed E-state index contributed by atoms with van der Waals surface area (Å²) in [5, 5.41) is 0. The lowest BCUT2D eigenvalue weighted by Gasteiger charge is -2.35. The second-order valence-electron chi connectivity index (χ2n) is 8.96. The Balaban J connectivity index is 1.56. The molecule has 1 amide bonds. The number of carbonyl (C=O) groups is 2. The Morgan fingerprint density at radius 2 is 1.71 bits per heavy atom. The molecule has 1 aliphatic carbocycles. The summed E-state index contributed by atoms with van der Waals surface area (Å²) < 4.78 is 0. The molecule has 1 aromatic carbocycles. The van der Waals surface area contributed by atoms with E-state index in [9.17, 15) is 9.59 Å². The van der Waals surface area contributed by atoms with Gasteiger partial charge in [0.05, 0.1) is 5.75 Å². The van der Waals surface area contributed by atoms with Gasteiger partial charge in [-0.1, -0.05) is 57.7 Å². The Kier molecular flexibility index (Phi) is 8.58. The van der Waals surface area contributed by atoms with E-state index in [1.807, 2.05) is 30.3 Å². The van der Waals surface area contributed by atoms with Crippen molar-refractivity contribution >= 4 is 29.4 Å². The molecule has 0 unspecified atom stereocenters. The minimum Gasteiger partial charge on any atom is -0.369 e. The number of hydrogen-bond donors (Lipinski definition) is 1. The highest BCUT2D eigenvalue weighted by Gasteiger charge is 2.49. The Hall–Kier alpha value is -1.82. The zero-order chi connectivity index (χ0) is 22.3. The van der Waals surface area contributed by atoms with Crippen LogP contribution in [0.15, 0.2) is 40.2 Å². The normalized spacial score (nSPS) is 23.1. The van der Waals surface area contributed by atoms with Crippen LogP contribution in [0.4, 0.5) is 0 Å². The van der Waals surface area contributed by atoms with E-state index in [1.165, 1.54) is 0 Å². The Morgan fingerprint density at radius 3 is 2.29 bits per heavy atom. The van der Waals surface area contributed by atoms with Crippen LogP contribution in [0.2, 0.25) is 0 Å². The summed E-state index contributed by atoms with van der Waals surface area (Å²) in [6, 6.07) is 10.1. The summed E-state index contributed by atoms with van der Waals surface area (Å²) in [7, 11) is 0. The van der Waals surface area contributed by atoms with Crippen molar-refractivity contribution in [1.82, 2.24) is 4.90 Å². The Bertz CT molecular complexity index is 764. The van der Waals surface area contributed by atoms with Gasteiger partial charge in [0.15, 0.2) is 5.96 Å². The molecule has 5 nitrogen and oxygen atoms in total. The fourth-order valence-electron chi connectivity index (χ4n) is 4.84. The summed E-state index contributed by atoms with van der Waals surface area (Å²) in [5.41, 5.74) is 5.65.